The van der Waals surface area contributed by atoms with Crippen LogP contribution in [0.2, 0.25) is 0 Å². The van der Waals surface area contributed by atoms with Gasteiger partial charge in [-0.05, 0) is 66.8 Å². The topological polar surface area (TPSA) is 9.23 Å². The van der Waals surface area contributed by atoms with E-state index in [0.29, 0.717) is 0 Å². The Bertz CT molecular complexity index is 437. The van der Waals surface area contributed by atoms with Gasteiger partial charge in [0.15, 0.2) is 0 Å². The lowest BCUT2D eigenvalue weighted by Crippen LogP contribution is -2.00. The van der Waals surface area contributed by atoms with Gasteiger partial charge in [-0.1, -0.05) is 25.7 Å². The third-order valence-corrected chi connectivity index (χ3v) is 3.27. The van der Waals surface area contributed by atoms with Gasteiger partial charge in [-0.3, -0.25) is 0 Å². The lowest BCUT2D eigenvalue weighted by molar-refractivity contribution is 0.318. The van der Waals surface area contributed by atoms with Crippen LogP contribution in [-0.4, -0.2) is 12.4 Å². The molecular weight excluding hydrogens is 252 g/mol. The van der Waals surface area contributed by atoms with Gasteiger partial charge in [0, 0.05) is 0 Å². The fourth-order valence-electron chi connectivity index (χ4n) is 2.11. The molecule has 0 unspecified atom stereocenters. The summed E-state index contributed by atoms with van der Waals surface area (Å²) in [5.74, 6) is 1.79. The van der Waals surface area contributed by atoms with Crippen LogP contribution in [0.15, 0.2) is 30.9 Å². The Morgan fingerprint density at radius 3 is 2.47 bits per heavy atom. The molecule has 0 amide bonds. The second kappa shape index (κ2) is 8.11. The lowest BCUT2D eigenvalue weighted by Gasteiger charge is -2.13. The van der Waals surface area contributed by atoms with Gasteiger partial charge in [-0.2, -0.15) is 12.6 Å². The summed E-state index contributed by atoms with van der Waals surface area (Å²) in [6.07, 6.45) is 6.23. The number of allylic oxidation sites excluding steroid dienone is 3. The van der Waals surface area contributed by atoms with Crippen LogP contribution in [-0.2, 0) is 0 Å². The number of benzene rings is 1. The van der Waals surface area contributed by atoms with Crippen molar-refractivity contribution >= 4 is 18.2 Å². The second-order valence-corrected chi connectivity index (χ2v) is 5.14. The maximum Gasteiger partial charge on any atom is 0.119 e. The summed E-state index contributed by atoms with van der Waals surface area (Å²) in [7, 11) is 0. The van der Waals surface area contributed by atoms with Gasteiger partial charge in [0.2, 0.25) is 0 Å². The van der Waals surface area contributed by atoms with Crippen molar-refractivity contribution in [2.45, 2.75) is 33.6 Å². The molecule has 0 aromatic heterocycles. The fourth-order valence-corrected chi connectivity index (χ4v) is 2.24. The minimum atomic E-state index is 0.721. The lowest BCUT2D eigenvalue weighted by atomic mass is 9.96. The van der Waals surface area contributed by atoms with Crippen molar-refractivity contribution in [1.29, 1.82) is 0 Å². The maximum atomic E-state index is 5.73. The number of aryl methyl sites for hydroxylation is 2. The number of ether oxygens (including phenoxy) is 1. The zero-order chi connectivity index (χ0) is 14.3. The van der Waals surface area contributed by atoms with Crippen molar-refractivity contribution in [3.63, 3.8) is 0 Å². The summed E-state index contributed by atoms with van der Waals surface area (Å²) in [4.78, 5) is 0. The largest absolute Gasteiger partial charge is 0.494 e. The molecule has 0 bridgehead atoms. The molecule has 0 heterocycles. The van der Waals surface area contributed by atoms with Gasteiger partial charge in [-0.15, -0.1) is 0 Å². The van der Waals surface area contributed by atoms with Crippen LogP contribution in [0.25, 0.3) is 5.57 Å². The summed E-state index contributed by atoms with van der Waals surface area (Å²) in [6.45, 7) is 11.2. The van der Waals surface area contributed by atoms with E-state index < -0.39 is 0 Å². The number of hydrogen-bond acceptors (Lipinski definition) is 2. The molecule has 0 atom stereocenters. The first-order valence-corrected chi connectivity index (χ1v) is 7.44. The molecule has 0 aliphatic rings. The van der Waals surface area contributed by atoms with E-state index in [1.807, 2.05) is 0 Å². The molecule has 0 radical (unpaired) electrons. The molecule has 0 spiro atoms. The van der Waals surface area contributed by atoms with Gasteiger partial charge in [0.05, 0.1) is 6.61 Å². The minimum Gasteiger partial charge on any atom is -0.494 e. The van der Waals surface area contributed by atoms with Crippen LogP contribution in [0.4, 0.5) is 0 Å². The second-order valence-electron chi connectivity index (χ2n) is 4.69. The molecule has 0 N–H and O–H groups in total. The van der Waals surface area contributed by atoms with E-state index in [2.05, 4.69) is 64.3 Å². The van der Waals surface area contributed by atoms with E-state index in [-0.39, 0.29) is 0 Å². The van der Waals surface area contributed by atoms with Gasteiger partial charge in [0.25, 0.3) is 0 Å². The van der Waals surface area contributed by atoms with Gasteiger partial charge in [0.1, 0.15) is 5.75 Å². The highest BCUT2D eigenvalue weighted by molar-refractivity contribution is 7.80. The van der Waals surface area contributed by atoms with Crippen LogP contribution in [0.1, 0.15) is 36.5 Å². The van der Waals surface area contributed by atoms with Crippen LogP contribution < -0.4 is 4.74 Å². The highest BCUT2D eigenvalue weighted by Crippen LogP contribution is 2.27. The summed E-state index contributed by atoms with van der Waals surface area (Å²) in [5.41, 5.74) is 4.73. The summed E-state index contributed by atoms with van der Waals surface area (Å²) in [6, 6.07) is 4.18. The Labute approximate surface area is 122 Å². The van der Waals surface area contributed by atoms with Gasteiger partial charge in [-0.25, -0.2) is 0 Å². The van der Waals surface area contributed by atoms with Crippen molar-refractivity contribution in [3.8, 4) is 5.75 Å². The monoisotopic (exact) mass is 276 g/mol. The van der Waals surface area contributed by atoms with E-state index in [4.69, 9.17) is 4.74 Å². The summed E-state index contributed by atoms with van der Waals surface area (Å²) < 4.78 is 5.73. The molecule has 1 aromatic rings. The zero-order valence-corrected chi connectivity index (χ0v) is 13.1. The van der Waals surface area contributed by atoms with Crippen LogP contribution in [0.3, 0.4) is 0 Å². The van der Waals surface area contributed by atoms with Crippen LogP contribution >= 0.6 is 12.6 Å². The Hall–Kier alpha value is -1.15. The molecule has 0 fully saturated rings. The van der Waals surface area contributed by atoms with E-state index >= 15 is 0 Å². The van der Waals surface area contributed by atoms with Crippen molar-refractivity contribution in [3.05, 3.63) is 47.6 Å². The Morgan fingerprint density at radius 1 is 1.32 bits per heavy atom. The Kier molecular flexibility index (Phi) is 6.79. The molecule has 2 heteroatoms. The van der Waals surface area contributed by atoms with Crippen molar-refractivity contribution in [2.24, 2.45) is 0 Å². The first kappa shape index (κ1) is 15.9. The molecule has 19 heavy (non-hydrogen) atoms. The summed E-state index contributed by atoms with van der Waals surface area (Å²) in [5, 5.41) is 0. The molecular formula is C17H24OS. The Morgan fingerprint density at radius 2 is 1.95 bits per heavy atom. The summed E-state index contributed by atoms with van der Waals surface area (Å²) >= 11 is 4.18. The SMILES string of the molecule is C=C(/C=C/CC)c1c(C)cc(OCCCS)cc1C. The fraction of sp³-hybridized carbons (Fsp3) is 0.412. The molecule has 104 valence electrons. The van der Waals surface area contributed by atoms with Crippen molar-refractivity contribution in [2.75, 3.05) is 12.4 Å². The van der Waals surface area contributed by atoms with E-state index in [9.17, 15) is 0 Å². The molecule has 0 aliphatic heterocycles. The van der Waals surface area contributed by atoms with Crippen molar-refractivity contribution in [1.82, 2.24) is 0 Å². The third kappa shape index (κ3) is 4.79. The molecule has 1 aromatic carbocycles. The van der Waals surface area contributed by atoms with Gasteiger partial charge >= 0.3 is 0 Å². The predicted molar refractivity (Wildman–Crippen MR) is 88.3 cm³/mol. The minimum absolute atomic E-state index is 0.721. The maximum absolute atomic E-state index is 5.73. The molecule has 0 saturated heterocycles. The van der Waals surface area contributed by atoms with E-state index in [1.54, 1.807) is 0 Å². The first-order chi connectivity index (χ1) is 9.10. The van der Waals surface area contributed by atoms with Crippen LogP contribution in [0, 0.1) is 13.8 Å². The van der Waals surface area contributed by atoms with E-state index in [0.717, 1.165) is 36.5 Å². The number of hydrogen-bond donors (Lipinski definition) is 1. The number of rotatable bonds is 7. The molecule has 0 aliphatic carbocycles. The zero-order valence-electron chi connectivity index (χ0n) is 12.2. The highest BCUT2D eigenvalue weighted by Gasteiger charge is 2.07. The smallest absolute Gasteiger partial charge is 0.119 e. The predicted octanol–water partition coefficient (Wildman–Crippen LogP) is 4.98. The number of thiol groups is 1. The molecule has 0 saturated carbocycles. The Balaban J connectivity index is 2.91. The molecule has 1 rings (SSSR count). The quantitative estimate of drug-likeness (QED) is 0.420. The van der Waals surface area contributed by atoms with E-state index in [1.165, 1.54) is 16.7 Å². The average molecular weight is 276 g/mol. The first-order valence-electron chi connectivity index (χ1n) is 6.80. The normalized spacial score (nSPS) is 10.9. The van der Waals surface area contributed by atoms with Crippen molar-refractivity contribution < 1.29 is 4.74 Å². The molecule has 1 nitrogen and oxygen atoms in total. The van der Waals surface area contributed by atoms with Crippen LogP contribution in [0.5, 0.6) is 5.75 Å². The highest BCUT2D eigenvalue weighted by atomic mass is 32.1. The standard InChI is InChI=1S/C17H24OS/c1-5-6-8-13(2)17-14(3)11-16(12-15(17)4)18-9-7-10-19/h6,8,11-12,19H,2,5,7,9-10H2,1,3-4H3/b8-6+. The third-order valence-electron chi connectivity index (χ3n) is 2.95. The average Bonchev–Trinajstić information content (AvgIpc) is 2.36. The van der Waals surface area contributed by atoms with Gasteiger partial charge < -0.3 is 4.74 Å².